The highest BCUT2D eigenvalue weighted by molar-refractivity contribution is 6.31. The summed E-state index contributed by atoms with van der Waals surface area (Å²) in [6.45, 7) is 1.97. The van der Waals surface area contributed by atoms with Crippen molar-refractivity contribution in [2.75, 3.05) is 0 Å². The molecule has 2 aliphatic carbocycles. The van der Waals surface area contributed by atoms with Gasteiger partial charge in [0, 0.05) is 17.1 Å². The van der Waals surface area contributed by atoms with E-state index in [0.29, 0.717) is 6.04 Å². The maximum Gasteiger partial charge on any atom is 0.244 e. The minimum Gasteiger partial charge on any atom is -0.349 e. The predicted molar refractivity (Wildman–Crippen MR) is 82.6 cm³/mol. The highest BCUT2D eigenvalue weighted by Crippen LogP contribution is 2.44. The van der Waals surface area contributed by atoms with Crippen LogP contribution in [0.2, 0.25) is 5.02 Å². The molecule has 2 aliphatic rings. The van der Waals surface area contributed by atoms with Gasteiger partial charge in [-0.3, -0.25) is 4.79 Å². The molecule has 0 radical (unpaired) electrons. The van der Waals surface area contributed by atoms with Crippen molar-refractivity contribution in [1.29, 1.82) is 0 Å². The van der Waals surface area contributed by atoms with E-state index in [1.165, 1.54) is 25.7 Å². The lowest BCUT2D eigenvalue weighted by atomic mass is 10.1. The van der Waals surface area contributed by atoms with Crippen molar-refractivity contribution in [3.63, 3.8) is 0 Å². The first-order valence-electron chi connectivity index (χ1n) is 7.38. The summed E-state index contributed by atoms with van der Waals surface area (Å²) in [5.74, 6) is 1.48. The highest BCUT2D eigenvalue weighted by Gasteiger charge is 2.41. The molecular formula is C17H20ClNO. The van der Waals surface area contributed by atoms with Gasteiger partial charge in [-0.1, -0.05) is 23.7 Å². The first-order valence-corrected chi connectivity index (χ1v) is 7.76. The molecule has 1 aromatic rings. The van der Waals surface area contributed by atoms with Gasteiger partial charge in [0.05, 0.1) is 0 Å². The minimum absolute atomic E-state index is 0.0190. The van der Waals surface area contributed by atoms with Crippen LogP contribution in [0.3, 0.4) is 0 Å². The summed E-state index contributed by atoms with van der Waals surface area (Å²) in [5, 5.41) is 3.92. The topological polar surface area (TPSA) is 29.1 Å². The van der Waals surface area contributed by atoms with Crippen LogP contribution in [0.25, 0.3) is 6.08 Å². The van der Waals surface area contributed by atoms with Crippen LogP contribution in [0.15, 0.2) is 24.3 Å². The average molecular weight is 290 g/mol. The molecule has 0 aromatic heterocycles. The number of benzene rings is 1. The third-order valence-corrected chi connectivity index (χ3v) is 4.60. The Kier molecular flexibility index (Phi) is 3.84. The number of hydrogen-bond donors (Lipinski definition) is 1. The van der Waals surface area contributed by atoms with E-state index in [0.717, 1.165) is 28.0 Å². The van der Waals surface area contributed by atoms with Gasteiger partial charge in [0.1, 0.15) is 0 Å². The smallest absolute Gasteiger partial charge is 0.244 e. The van der Waals surface area contributed by atoms with E-state index in [4.69, 9.17) is 11.6 Å². The molecule has 106 valence electrons. The Labute approximate surface area is 125 Å². The zero-order valence-corrected chi connectivity index (χ0v) is 12.5. The zero-order valence-electron chi connectivity index (χ0n) is 11.7. The lowest BCUT2D eigenvalue weighted by molar-refractivity contribution is -0.117. The lowest BCUT2D eigenvalue weighted by Crippen LogP contribution is -2.37. The van der Waals surface area contributed by atoms with Gasteiger partial charge in [0.25, 0.3) is 0 Å². The fraction of sp³-hybridized carbons (Fsp3) is 0.471. The lowest BCUT2D eigenvalue weighted by Gasteiger charge is -2.16. The van der Waals surface area contributed by atoms with Crippen LogP contribution >= 0.6 is 11.6 Å². The Morgan fingerprint density at radius 1 is 1.30 bits per heavy atom. The monoisotopic (exact) mass is 289 g/mol. The molecule has 0 saturated heterocycles. The van der Waals surface area contributed by atoms with Crippen LogP contribution < -0.4 is 5.32 Å². The van der Waals surface area contributed by atoms with E-state index in [9.17, 15) is 4.79 Å². The second-order valence-corrected chi connectivity index (χ2v) is 6.46. The average Bonchev–Trinajstić information content (AvgIpc) is 3.28. The van der Waals surface area contributed by atoms with Crippen molar-refractivity contribution < 1.29 is 4.79 Å². The largest absolute Gasteiger partial charge is 0.349 e. The van der Waals surface area contributed by atoms with Gasteiger partial charge in [0.2, 0.25) is 5.91 Å². The normalized spacial score (nSPS) is 18.8. The van der Waals surface area contributed by atoms with Gasteiger partial charge in [-0.15, -0.1) is 0 Å². The Morgan fingerprint density at radius 2 is 1.95 bits per heavy atom. The predicted octanol–water partition coefficient (Wildman–Crippen LogP) is 3.97. The zero-order chi connectivity index (χ0) is 14.1. The molecule has 0 heterocycles. The van der Waals surface area contributed by atoms with Gasteiger partial charge >= 0.3 is 0 Å². The molecule has 3 heteroatoms. The number of halogens is 1. The second-order valence-electron chi connectivity index (χ2n) is 6.05. The van der Waals surface area contributed by atoms with E-state index in [1.807, 2.05) is 31.2 Å². The molecule has 2 nitrogen and oxygen atoms in total. The Morgan fingerprint density at radius 3 is 2.50 bits per heavy atom. The number of hydrogen-bond acceptors (Lipinski definition) is 1. The molecule has 3 rings (SSSR count). The Hall–Kier alpha value is -1.28. The van der Waals surface area contributed by atoms with E-state index >= 15 is 0 Å². The fourth-order valence-electron chi connectivity index (χ4n) is 2.63. The van der Waals surface area contributed by atoms with E-state index in [2.05, 4.69) is 5.32 Å². The van der Waals surface area contributed by atoms with Crippen LogP contribution in [0, 0.1) is 18.8 Å². The molecule has 0 aliphatic heterocycles. The van der Waals surface area contributed by atoms with Crippen molar-refractivity contribution in [3.8, 4) is 0 Å². The highest BCUT2D eigenvalue weighted by atomic mass is 35.5. The molecule has 0 spiro atoms. The van der Waals surface area contributed by atoms with Gasteiger partial charge in [-0.2, -0.15) is 0 Å². The Balaban J connectivity index is 1.59. The fourth-order valence-corrected chi connectivity index (χ4v) is 2.82. The summed E-state index contributed by atoms with van der Waals surface area (Å²) in [6, 6.07) is 6.25. The number of nitrogens with one attached hydrogen (secondary N) is 1. The Bertz CT molecular complexity index is 532. The number of carbonyl (C=O) groups is 1. The summed E-state index contributed by atoms with van der Waals surface area (Å²) in [6.07, 6.45) is 8.56. The summed E-state index contributed by atoms with van der Waals surface area (Å²) in [7, 11) is 0. The standard InChI is InChI=1S/C17H20ClNO/c1-11-2-3-12(10-15(11)18)4-9-16(20)19-17(13-5-6-13)14-7-8-14/h2-4,9-10,13-14,17H,5-8H2,1H3,(H,19,20). The first kappa shape index (κ1) is 13.7. The van der Waals surface area contributed by atoms with Crippen molar-refractivity contribution >= 4 is 23.6 Å². The van der Waals surface area contributed by atoms with Crippen molar-refractivity contribution in [2.45, 2.75) is 38.6 Å². The summed E-state index contributed by atoms with van der Waals surface area (Å²) >= 11 is 6.08. The minimum atomic E-state index is 0.0190. The van der Waals surface area contributed by atoms with Gasteiger partial charge in [0.15, 0.2) is 0 Å². The van der Waals surface area contributed by atoms with E-state index in [1.54, 1.807) is 6.08 Å². The first-order chi connectivity index (χ1) is 9.63. The summed E-state index contributed by atoms with van der Waals surface area (Å²) < 4.78 is 0. The third kappa shape index (κ3) is 3.43. The molecule has 2 saturated carbocycles. The molecule has 20 heavy (non-hydrogen) atoms. The molecule has 1 aromatic carbocycles. The quantitative estimate of drug-likeness (QED) is 0.817. The third-order valence-electron chi connectivity index (χ3n) is 4.19. The molecule has 0 unspecified atom stereocenters. The van der Waals surface area contributed by atoms with Gasteiger partial charge in [-0.25, -0.2) is 0 Å². The number of rotatable bonds is 5. The van der Waals surface area contributed by atoms with Gasteiger partial charge < -0.3 is 5.32 Å². The van der Waals surface area contributed by atoms with Crippen LogP contribution in [0.5, 0.6) is 0 Å². The molecule has 1 N–H and O–H groups in total. The SMILES string of the molecule is Cc1ccc(C=CC(=O)NC(C2CC2)C2CC2)cc1Cl. The number of amides is 1. The maximum absolute atomic E-state index is 12.0. The second kappa shape index (κ2) is 5.61. The molecule has 0 atom stereocenters. The summed E-state index contributed by atoms with van der Waals surface area (Å²) in [4.78, 5) is 12.0. The maximum atomic E-state index is 12.0. The van der Waals surface area contributed by atoms with Crippen molar-refractivity contribution in [1.82, 2.24) is 5.32 Å². The van der Waals surface area contributed by atoms with Crippen LogP contribution in [0.4, 0.5) is 0 Å². The number of aryl methyl sites for hydroxylation is 1. The molecule has 1 amide bonds. The van der Waals surface area contributed by atoms with Crippen LogP contribution in [-0.4, -0.2) is 11.9 Å². The van der Waals surface area contributed by atoms with Crippen molar-refractivity contribution in [3.05, 3.63) is 40.4 Å². The molecule has 2 fully saturated rings. The van der Waals surface area contributed by atoms with Gasteiger partial charge in [-0.05, 0) is 67.7 Å². The number of carbonyl (C=O) groups excluding carboxylic acids is 1. The summed E-state index contributed by atoms with van der Waals surface area (Å²) in [5.41, 5.74) is 2.01. The van der Waals surface area contributed by atoms with E-state index in [-0.39, 0.29) is 5.91 Å². The van der Waals surface area contributed by atoms with Crippen LogP contribution in [0.1, 0.15) is 36.8 Å². The van der Waals surface area contributed by atoms with E-state index < -0.39 is 0 Å². The van der Waals surface area contributed by atoms with Crippen LogP contribution in [-0.2, 0) is 4.79 Å². The molecular weight excluding hydrogens is 270 g/mol. The van der Waals surface area contributed by atoms with Crippen molar-refractivity contribution in [2.24, 2.45) is 11.8 Å². The molecule has 0 bridgehead atoms.